The molecular weight excluding hydrogens is 222 g/mol. The van der Waals surface area contributed by atoms with Gasteiger partial charge in [0.15, 0.2) is 0 Å². The van der Waals surface area contributed by atoms with Crippen molar-refractivity contribution in [3.8, 4) is 0 Å². The molecule has 1 atom stereocenters. The van der Waals surface area contributed by atoms with E-state index in [-0.39, 0.29) is 10.5 Å². The van der Waals surface area contributed by atoms with E-state index in [0.29, 0.717) is 0 Å². The maximum atomic E-state index is 13.3. The van der Waals surface area contributed by atoms with Crippen LogP contribution in [0.25, 0.3) is 0 Å². The Morgan fingerprint density at radius 2 is 1.87 bits per heavy atom. The molecule has 0 aliphatic carbocycles. The molecule has 0 radical (unpaired) electrons. The van der Waals surface area contributed by atoms with Crippen molar-refractivity contribution in [1.29, 1.82) is 0 Å². The minimum absolute atomic E-state index is 0.0867. The molecule has 5 heteroatoms. The summed E-state index contributed by atoms with van der Waals surface area (Å²) in [5.74, 6) is -3.45. The molecule has 15 heavy (non-hydrogen) atoms. The molecule has 1 aromatic carbocycles. The van der Waals surface area contributed by atoms with Gasteiger partial charge in [-0.3, -0.25) is 4.79 Å². The molecule has 2 nitrogen and oxygen atoms in total. The zero-order chi connectivity index (χ0) is 11.6. The van der Waals surface area contributed by atoms with E-state index in [1.165, 1.54) is 6.92 Å². The zero-order valence-electron chi connectivity index (χ0n) is 8.25. The Bertz CT molecular complexity index is 370. The third-order valence-corrected chi connectivity index (χ3v) is 2.89. The summed E-state index contributed by atoms with van der Waals surface area (Å²) in [6.45, 7) is 1.38. The fourth-order valence-electron chi connectivity index (χ4n) is 1.17. The van der Waals surface area contributed by atoms with Gasteiger partial charge in [-0.25, -0.2) is 8.78 Å². The largest absolute Gasteiger partial charge is 0.481 e. The molecule has 0 aliphatic rings. The van der Waals surface area contributed by atoms with Crippen LogP contribution in [0.2, 0.25) is 0 Å². The number of benzene rings is 1. The molecule has 1 unspecified atom stereocenters. The Hall–Kier alpha value is -1.10. The second kappa shape index (κ2) is 4.61. The van der Waals surface area contributed by atoms with E-state index in [1.807, 2.05) is 0 Å². The smallest absolute Gasteiger partial charge is 0.310 e. The van der Waals surface area contributed by atoms with Gasteiger partial charge in [0, 0.05) is 0 Å². The van der Waals surface area contributed by atoms with E-state index in [1.54, 1.807) is 6.26 Å². The van der Waals surface area contributed by atoms with Crippen LogP contribution in [0.15, 0.2) is 17.0 Å². The van der Waals surface area contributed by atoms with Gasteiger partial charge in [0.2, 0.25) is 0 Å². The number of thioether (sulfide) groups is 1. The highest BCUT2D eigenvalue weighted by atomic mass is 32.2. The first-order valence-electron chi connectivity index (χ1n) is 4.23. The first-order valence-corrected chi connectivity index (χ1v) is 5.45. The van der Waals surface area contributed by atoms with Crippen molar-refractivity contribution in [2.24, 2.45) is 0 Å². The topological polar surface area (TPSA) is 37.3 Å². The average molecular weight is 232 g/mol. The van der Waals surface area contributed by atoms with Gasteiger partial charge >= 0.3 is 5.97 Å². The van der Waals surface area contributed by atoms with E-state index in [9.17, 15) is 13.6 Å². The Balaban J connectivity index is 3.19. The van der Waals surface area contributed by atoms with E-state index in [4.69, 9.17) is 5.11 Å². The minimum atomic E-state index is -1.11. The van der Waals surface area contributed by atoms with Gasteiger partial charge in [0.25, 0.3) is 0 Å². The summed E-state index contributed by atoms with van der Waals surface area (Å²) >= 11 is 0.953. The summed E-state index contributed by atoms with van der Waals surface area (Å²) in [4.78, 5) is 10.5. The number of carboxylic acids is 1. The van der Waals surface area contributed by atoms with Gasteiger partial charge in [0.05, 0.1) is 10.8 Å². The van der Waals surface area contributed by atoms with Crippen LogP contribution in [0.5, 0.6) is 0 Å². The second-order valence-corrected chi connectivity index (χ2v) is 3.89. The van der Waals surface area contributed by atoms with Crippen LogP contribution in [0.3, 0.4) is 0 Å². The van der Waals surface area contributed by atoms with Crippen LogP contribution >= 0.6 is 11.8 Å². The molecule has 0 spiro atoms. The van der Waals surface area contributed by atoms with Crippen molar-refractivity contribution in [3.05, 3.63) is 29.3 Å². The first kappa shape index (κ1) is 12.0. The minimum Gasteiger partial charge on any atom is -0.481 e. The Morgan fingerprint density at radius 1 is 1.40 bits per heavy atom. The van der Waals surface area contributed by atoms with Crippen LogP contribution < -0.4 is 0 Å². The molecule has 1 rings (SSSR count). The van der Waals surface area contributed by atoms with Crippen LogP contribution in [0.4, 0.5) is 8.78 Å². The summed E-state index contributed by atoms with van der Waals surface area (Å²) < 4.78 is 26.6. The summed E-state index contributed by atoms with van der Waals surface area (Å²) in [5, 5.41) is 8.69. The van der Waals surface area contributed by atoms with E-state index in [2.05, 4.69) is 0 Å². The lowest BCUT2D eigenvalue weighted by Crippen LogP contribution is -2.08. The van der Waals surface area contributed by atoms with Crippen molar-refractivity contribution >= 4 is 17.7 Å². The number of aliphatic carboxylic acids is 1. The molecule has 0 bridgehead atoms. The number of hydrogen-bond donors (Lipinski definition) is 1. The molecule has 0 amide bonds. The number of halogens is 2. The van der Waals surface area contributed by atoms with Crippen molar-refractivity contribution in [2.75, 3.05) is 6.26 Å². The molecule has 0 saturated carbocycles. The lowest BCUT2D eigenvalue weighted by Gasteiger charge is -2.09. The van der Waals surface area contributed by atoms with Gasteiger partial charge in [-0.2, -0.15) is 0 Å². The molecule has 1 aromatic rings. The number of rotatable bonds is 3. The monoisotopic (exact) mass is 232 g/mol. The zero-order valence-corrected chi connectivity index (χ0v) is 9.07. The lowest BCUT2D eigenvalue weighted by molar-refractivity contribution is -0.138. The third-order valence-electron chi connectivity index (χ3n) is 2.10. The predicted octanol–water partition coefficient (Wildman–Crippen LogP) is 2.87. The Kier molecular flexibility index (Phi) is 3.68. The van der Waals surface area contributed by atoms with Gasteiger partial charge < -0.3 is 5.11 Å². The average Bonchev–Trinajstić information content (AvgIpc) is 2.15. The van der Waals surface area contributed by atoms with Crippen LogP contribution in [-0.4, -0.2) is 17.3 Å². The van der Waals surface area contributed by atoms with E-state index in [0.717, 1.165) is 23.9 Å². The van der Waals surface area contributed by atoms with Crippen LogP contribution in [0, 0.1) is 11.6 Å². The molecule has 0 heterocycles. The predicted molar refractivity (Wildman–Crippen MR) is 54.2 cm³/mol. The fourth-order valence-corrected chi connectivity index (χ4v) is 1.67. The van der Waals surface area contributed by atoms with Crippen LogP contribution in [-0.2, 0) is 4.79 Å². The Labute approximate surface area is 90.3 Å². The van der Waals surface area contributed by atoms with E-state index >= 15 is 0 Å². The highest BCUT2D eigenvalue weighted by molar-refractivity contribution is 7.98. The number of carbonyl (C=O) groups is 1. The first-order chi connectivity index (χ1) is 6.97. The molecule has 0 saturated heterocycles. The van der Waals surface area contributed by atoms with Gasteiger partial charge in [-0.05, 0) is 30.9 Å². The molecule has 82 valence electrons. The quantitative estimate of drug-likeness (QED) is 0.814. The third kappa shape index (κ3) is 2.47. The maximum Gasteiger partial charge on any atom is 0.310 e. The standard InChI is InChI=1S/C10H10F2O2S/c1-5(10(13)14)6-3-7(11)9(15-2)8(12)4-6/h3-5H,1-2H3,(H,13,14). The lowest BCUT2D eigenvalue weighted by atomic mass is 10.0. The van der Waals surface area contributed by atoms with E-state index < -0.39 is 23.5 Å². The highest BCUT2D eigenvalue weighted by Crippen LogP contribution is 2.27. The molecule has 0 fully saturated rings. The summed E-state index contributed by atoms with van der Waals surface area (Å²) in [6.07, 6.45) is 1.56. The van der Waals surface area contributed by atoms with Crippen molar-refractivity contribution < 1.29 is 18.7 Å². The molecular formula is C10H10F2O2S. The highest BCUT2D eigenvalue weighted by Gasteiger charge is 2.18. The van der Waals surface area contributed by atoms with Crippen LogP contribution in [0.1, 0.15) is 18.4 Å². The maximum absolute atomic E-state index is 13.3. The second-order valence-electron chi connectivity index (χ2n) is 3.08. The van der Waals surface area contributed by atoms with Crippen molar-refractivity contribution in [1.82, 2.24) is 0 Å². The molecule has 0 aliphatic heterocycles. The van der Waals surface area contributed by atoms with Gasteiger partial charge in [-0.15, -0.1) is 11.8 Å². The number of carboxylic acid groups (broad SMARTS) is 1. The summed E-state index contributed by atoms with van der Waals surface area (Å²) in [6, 6.07) is 2.13. The van der Waals surface area contributed by atoms with Crippen molar-refractivity contribution in [2.45, 2.75) is 17.7 Å². The van der Waals surface area contributed by atoms with Gasteiger partial charge in [-0.1, -0.05) is 0 Å². The number of hydrogen-bond acceptors (Lipinski definition) is 2. The summed E-state index contributed by atoms with van der Waals surface area (Å²) in [7, 11) is 0. The fraction of sp³-hybridized carbons (Fsp3) is 0.300. The molecule has 1 N–H and O–H groups in total. The van der Waals surface area contributed by atoms with Crippen molar-refractivity contribution in [3.63, 3.8) is 0 Å². The summed E-state index contributed by atoms with van der Waals surface area (Å²) in [5.41, 5.74) is 0.135. The Morgan fingerprint density at radius 3 is 2.20 bits per heavy atom. The molecule has 0 aromatic heterocycles. The normalized spacial score (nSPS) is 12.5. The SMILES string of the molecule is CSc1c(F)cc(C(C)C(=O)O)cc1F. The van der Waals surface area contributed by atoms with Gasteiger partial charge in [0.1, 0.15) is 11.6 Å².